The topological polar surface area (TPSA) is 76.0 Å². The van der Waals surface area contributed by atoms with Crippen molar-refractivity contribution >= 4 is 5.97 Å². The van der Waals surface area contributed by atoms with Crippen molar-refractivity contribution in [3.05, 3.63) is 0 Å². The fraction of sp³-hybridized carbons (Fsp3) is 0.960. The number of carbonyl (C=O) groups is 1. The van der Waals surface area contributed by atoms with E-state index in [0.29, 0.717) is 30.8 Å². The zero-order valence-electron chi connectivity index (χ0n) is 19.8. The van der Waals surface area contributed by atoms with Crippen molar-refractivity contribution in [3.63, 3.8) is 0 Å². The van der Waals surface area contributed by atoms with Gasteiger partial charge in [-0.25, -0.2) is 0 Å². The van der Waals surface area contributed by atoms with Gasteiger partial charge < -0.3 is 19.7 Å². The lowest BCUT2D eigenvalue weighted by Gasteiger charge is -2.22. The summed E-state index contributed by atoms with van der Waals surface area (Å²) >= 11 is 0. The van der Waals surface area contributed by atoms with E-state index in [1.54, 1.807) is 13.8 Å². The minimum absolute atomic E-state index is 0.0314. The molecule has 0 spiro atoms. The van der Waals surface area contributed by atoms with E-state index >= 15 is 0 Å². The van der Waals surface area contributed by atoms with Gasteiger partial charge in [-0.3, -0.25) is 4.79 Å². The Bertz CT molecular complexity index is 516. The van der Waals surface area contributed by atoms with E-state index in [0.717, 1.165) is 57.8 Å². The van der Waals surface area contributed by atoms with Crippen molar-refractivity contribution < 1.29 is 24.5 Å². The van der Waals surface area contributed by atoms with Crippen LogP contribution in [0.25, 0.3) is 0 Å². The van der Waals surface area contributed by atoms with Crippen LogP contribution in [0.3, 0.4) is 0 Å². The maximum atomic E-state index is 11.2. The molecule has 2 aliphatic rings. The summed E-state index contributed by atoms with van der Waals surface area (Å²) in [4.78, 5) is 11.2. The molecule has 176 valence electrons. The lowest BCUT2D eigenvalue weighted by atomic mass is 9.87. The maximum absolute atomic E-state index is 11.2. The first-order valence-electron chi connectivity index (χ1n) is 12.3. The molecule has 0 aromatic heterocycles. The number of carboxylic acid groups (broad SMARTS) is 1. The number of hydrogen-bond donors (Lipinski definition) is 2. The number of ether oxygens (including phenoxy) is 2. The second-order valence-electron chi connectivity index (χ2n) is 11.1. The van der Waals surface area contributed by atoms with E-state index in [2.05, 4.69) is 13.8 Å². The number of hydrogen-bond acceptors (Lipinski definition) is 4. The average molecular weight is 427 g/mol. The molecule has 0 aliphatic carbocycles. The van der Waals surface area contributed by atoms with Gasteiger partial charge in [-0.15, -0.1) is 0 Å². The maximum Gasteiger partial charge on any atom is 0.309 e. The van der Waals surface area contributed by atoms with Crippen LogP contribution in [-0.4, -0.2) is 47.2 Å². The van der Waals surface area contributed by atoms with E-state index in [1.165, 1.54) is 19.3 Å². The Morgan fingerprint density at radius 3 is 1.57 bits per heavy atom. The molecule has 30 heavy (non-hydrogen) atoms. The Balaban J connectivity index is 1.52. The third-order valence-corrected chi connectivity index (χ3v) is 7.16. The molecule has 0 aromatic carbocycles. The summed E-state index contributed by atoms with van der Waals surface area (Å²) in [6.07, 6.45) is 15.5. The van der Waals surface area contributed by atoms with E-state index in [9.17, 15) is 15.0 Å². The first kappa shape index (κ1) is 25.6. The number of carboxylic acids is 1. The minimum atomic E-state index is -0.710. The molecule has 2 aliphatic heterocycles. The van der Waals surface area contributed by atoms with Gasteiger partial charge in [0.1, 0.15) is 0 Å². The fourth-order valence-corrected chi connectivity index (χ4v) is 4.75. The monoisotopic (exact) mass is 426 g/mol. The van der Waals surface area contributed by atoms with Crippen molar-refractivity contribution in [1.82, 2.24) is 0 Å². The first-order chi connectivity index (χ1) is 14.1. The highest BCUT2D eigenvalue weighted by Crippen LogP contribution is 2.32. The lowest BCUT2D eigenvalue weighted by molar-refractivity contribution is -0.147. The Morgan fingerprint density at radius 2 is 1.17 bits per heavy atom. The van der Waals surface area contributed by atoms with E-state index in [4.69, 9.17) is 9.47 Å². The molecule has 2 fully saturated rings. The highest BCUT2D eigenvalue weighted by molar-refractivity contribution is 5.73. The molecular formula is C25H46O5. The van der Waals surface area contributed by atoms with Gasteiger partial charge in [0, 0.05) is 6.61 Å². The van der Waals surface area contributed by atoms with Crippen molar-refractivity contribution in [2.24, 2.45) is 10.8 Å². The molecule has 0 aromatic rings. The summed E-state index contributed by atoms with van der Waals surface area (Å²) in [7, 11) is 0. The first-order valence-corrected chi connectivity index (χ1v) is 12.3. The van der Waals surface area contributed by atoms with Crippen LogP contribution >= 0.6 is 0 Å². The summed E-state index contributed by atoms with van der Waals surface area (Å²) in [5.74, 6) is -0.710. The SMILES string of the molecule is CC(C)(CO)CCCC1CCC(CCCC2CCC(CCCC(C)(C)C(=O)O)O2)O1. The van der Waals surface area contributed by atoms with Gasteiger partial charge in [-0.05, 0) is 96.3 Å². The van der Waals surface area contributed by atoms with Crippen molar-refractivity contribution in [2.75, 3.05) is 6.61 Å². The van der Waals surface area contributed by atoms with Gasteiger partial charge in [0.15, 0.2) is 0 Å². The van der Waals surface area contributed by atoms with Crippen molar-refractivity contribution in [3.8, 4) is 0 Å². The van der Waals surface area contributed by atoms with Crippen LogP contribution < -0.4 is 0 Å². The van der Waals surface area contributed by atoms with E-state index in [-0.39, 0.29) is 12.0 Å². The van der Waals surface area contributed by atoms with Gasteiger partial charge in [0.05, 0.1) is 29.8 Å². The van der Waals surface area contributed by atoms with Crippen LogP contribution in [0.15, 0.2) is 0 Å². The molecular weight excluding hydrogens is 380 g/mol. The normalized spacial score (nSPS) is 27.6. The molecule has 2 heterocycles. The summed E-state index contributed by atoms with van der Waals surface area (Å²) in [6, 6.07) is 0. The largest absolute Gasteiger partial charge is 0.481 e. The average Bonchev–Trinajstić information content (AvgIpc) is 3.31. The number of aliphatic hydroxyl groups excluding tert-OH is 1. The number of rotatable bonds is 14. The van der Waals surface area contributed by atoms with Crippen LogP contribution in [0.5, 0.6) is 0 Å². The number of aliphatic carboxylic acids is 1. The predicted octanol–water partition coefficient (Wildman–Crippen LogP) is 5.72. The molecule has 0 saturated carbocycles. The molecule has 0 amide bonds. The number of aliphatic hydroxyl groups is 1. The molecule has 5 heteroatoms. The highest BCUT2D eigenvalue weighted by atomic mass is 16.5. The molecule has 5 nitrogen and oxygen atoms in total. The lowest BCUT2D eigenvalue weighted by Crippen LogP contribution is -2.24. The quantitative estimate of drug-likeness (QED) is 0.371. The molecule has 4 atom stereocenters. The minimum Gasteiger partial charge on any atom is -0.481 e. The molecule has 2 rings (SSSR count). The van der Waals surface area contributed by atoms with Crippen LogP contribution in [0.4, 0.5) is 0 Å². The van der Waals surface area contributed by atoms with E-state index < -0.39 is 11.4 Å². The Kier molecular flexibility index (Phi) is 10.1. The summed E-state index contributed by atoms with van der Waals surface area (Å²) < 4.78 is 12.5. The van der Waals surface area contributed by atoms with Crippen LogP contribution in [0.2, 0.25) is 0 Å². The third kappa shape index (κ3) is 8.84. The smallest absolute Gasteiger partial charge is 0.309 e. The molecule has 0 radical (unpaired) electrons. The summed E-state index contributed by atoms with van der Waals surface area (Å²) in [6.45, 7) is 8.11. The fourth-order valence-electron chi connectivity index (χ4n) is 4.75. The molecule has 4 unspecified atom stereocenters. The molecule has 2 N–H and O–H groups in total. The Labute approximate surface area is 183 Å². The predicted molar refractivity (Wildman–Crippen MR) is 120 cm³/mol. The van der Waals surface area contributed by atoms with Crippen molar-refractivity contribution in [2.45, 2.75) is 136 Å². The van der Waals surface area contributed by atoms with Gasteiger partial charge in [0.2, 0.25) is 0 Å². The molecule has 0 bridgehead atoms. The summed E-state index contributed by atoms with van der Waals surface area (Å²) in [5.41, 5.74) is -0.601. The Morgan fingerprint density at radius 1 is 0.767 bits per heavy atom. The zero-order valence-corrected chi connectivity index (χ0v) is 19.8. The highest BCUT2D eigenvalue weighted by Gasteiger charge is 2.30. The molecule has 2 saturated heterocycles. The van der Waals surface area contributed by atoms with Gasteiger partial charge in [-0.1, -0.05) is 20.3 Å². The Hall–Kier alpha value is -0.650. The summed E-state index contributed by atoms with van der Waals surface area (Å²) in [5, 5.41) is 18.6. The van der Waals surface area contributed by atoms with E-state index in [1.807, 2.05) is 0 Å². The second kappa shape index (κ2) is 11.8. The van der Waals surface area contributed by atoms with Crippen LogP contribution in [0, 0.1) is 10.8 Å². The van der Waals surface area contributed by atoms with Gasteiger partial charge in [-0.2, -0.15) is 0 Å². The van der Waals surface area contributed by atoms with Gasteiger partial charge in [0.25, 0.3) is 0 Å². The van der Waals surface area contributed by atoms with Crippen LogP contribution in [0.1, 0.15) is 111 Å². The zero-order chi connectivity index (χ0) is 22.2. The van der Waals surface area contributed by atoms with Crippen molar-refractivity contribution in [1.29, 1.82) is 0 Å². The third-order valence-electron chi connectivity index (χ3n) is 7.16. The standard InChI is InChI=1S/C25H46O5/c1-24(2,18-26)16-6-10-21-14-12-19(29-21)8-5-9-20-13-15-22(30-20)11-7-17-25(3,4)23(27)28/h19-22,26H,5-18H2,1-4H3,(H,27,28). The van der Waals surface area contributed by atoms with Crippen LogP contribution in [-0.2, 0) is 14.3 Å². The van der Waals surface area contributed by atoms with Gasteiger partial charge >= 0.3 is 5.97 Å². The second-order valence-corrected chi connectivity index (χ2v) is 11.1.